The number of nitrogens with one attached hydrogen (secondary N) is 2. The molecule has 0 saturated heterocycles. The minimum absolute atomic E-state index is 0.215. The molecule has 16 heavy (non-hydrogen) atoms. The first-order chi connectivity index (χ1) is 7.43. The third-order valence-corrected chi connectivity index (χ3v) is 1.90. The number of hydrogen-bond donors (Lipinski definition) is 4. The maximum Gasteiger partial charge on any atom is 0.227 e. The fraction of sp³-hybridized carbons (Fsp3) is 0. The number of carbonyl (C=O) groups excluding carboxylic acids is 2. The van der Waals surface area contributed by atoms with Crippen LogP contribution in [0.2, 0.25) is 0 Å². The summed E-state index contributed by atoms with van der Waals surface area (Å²) in [7, 11) is 0. The zero-order valence-corrected chi connectivity index (χ0v) is 8.28. The van der Waals surface area contributed by atoms with Crippen molar-refractivity contribution < 1.29 is 9.59 Å². The SMILES string of the molecule is N=C(N)C(=O)c1ccc(C(=O)C(=N)N)cc1. The van der Waals surface area contributed by atoms with E-state index >= 15 is 0 Å². The number of nitrogens with two attached hydrogens (primary N) is 2. The lowest BCUT2D eigenvalue weighted by atomic mass is 10.0. The predicted molar refractivity (Wildman–Crippen MR) is 58.9 cm³/mol. The third-order valence-electron chi connectivity index (χ3n) is 1.90. The Kier molecular flexibility index (Phi) is 3.14. The van der Waals surface area contributed by atoms with E-state index in [1.54, 1.807) is 0 Å². The second-order valence-electron chi connectivity index (χ2n) is 3.06. The van der Waals surface area contributed by atoms with E-state index in [-0.39, 0.29) is 11.1 Å². The number of amidine groups is 2. The predicted octanol–water partition coefficient (Wildman–Crippen LogP) is -0.0761. The van der Waals surface area contributed by atoms with Gasteiger partial charge in [-0.1, -0.05) is 24.3 Å². The van der Waals surface area contributed by atoms with Crippen LogP contribution in [-0.4, -0.2) is 23.2 Å². The molecule has 1 aromatic carbocycles. The van der Waals surface area contributed by atoms with Crippen molar-refractivity contribution in [3.8, 4) is 0 Å². The van der Waals surface area contributed by atoms with Crippen molar-refractivity contribution in [2.45, 2.75) is 0 Å². The van der Waals surface area contributed by atoms with Gasteiger partial charge in [-0.2, -0.15) is 0 Å². The molecule has 0 aliphatic rings. The number of rotatable bonds is 4. The second kappa shape index (κ2) is 4.35. The highest BCUT2D eigenvalue weighted by Gasteiger charge is 2.12. The van der Waals surface area contributed by atoms with Crippen LogP contribution in [0, 0.1) is 10.8 Å². The summed E-state index contributed by atoms with van der Waals surface area (Å²) in [4.78, 5) is 22.5. The summed E-state index contributed by atoms with van der Waals surface area (Å²) in [5.74, 6) is -2.35. The lowest BCUT2D eigenvalue weighted by molar-refractivity contribution is 0.105. The highest BCUT2D eigenvalue weighted by atomic mass is 16.1. The van der Waals surface area contributed by atoms with E-state index in [4.69, 9.17) is 22.3 Å². The molecule has 1 aromatic rings. The maximum absolute atomic E-state index is 11.3. The van der Waals surface area contributed by atoms with Crippen molar-refractivity contribution in [1.82, 2.24) is 0 Å². The molecule has 0 aliphatic carbocycles. The van der Waals surface area contributed by atoms with E-state index in [0.717, 1.165) is 0 Å². The van der Waals surface area contributed by atoms with E-state index < -0.39 is 23.2 Å². The molecular weight excluding hydrogens is 208 g/mol. The molecule has 0 fully saturated rings. The average molecular weight is 218 g/mol. The van der Waals surface area contributed by atoms with E-state index in [2.05, 4.69) is 0 Å². The van der Waals surface area contributed by atoms with Gasteiger partial charge in [0.15, 0.2) is 11.7 Å². The summed E-state index contributed by atoms with van der Waals surface area (Å²) in [5, 5.41) is 13.9. The molecule has 0 saturated carbocycles. The zero-order chi connectivity index (χ0) is 12.3. The number of hydrogen-bond acceptors (Lipinski definition) is 4. The lowest BCUT2D eigenvalue weighted by Crippen LogP contribution is -2.23. The van der Waals surface area contributed by atoms with Gasteiger partial charge >= 0.3 is 0 Å². The Hall–Kier alpha value is -2.50. The molecule has 6 nitrogen and oxygen atoms in total. The molecule has 0 amide bonds. The fourth-order valence-corrected chi connectivity index (χ4v) is 1.08. The quantitative estimate of drug-likeness (QED) is 0.319. The molecule has 6 N–H and O–H groups in total. The van der Waals surface area contributed by atoms with Gasteiger partial charge in [0, 0.05) is 11.1 Å². The summed E-state index contributed by atoms with van der Waals surface area (Å²) in [6.07, 6.45) is 0. The van der Waals surface area contributed by atoms with Gasteiger partial charge in [-0.05, 0) is 0 Å². The molecule has 0 aromatic heterocycles. The molecule has 0 bridgehead atoms. The minimum Gasteiger partial charge on any atom is -0.381 e. The van der Waals surface area contributed by atoms with Crippen LogP contribution in [0.25, 0.3) is 0 Å². The van der Waals surface area contributed by atoms with E-state index in [1.807, 2.05) is 0 Å². The first-order valence-corrected chi connectivity index (χ1v) is 4.31. The van der Waals surface area contributed by atoms with Crippen molar-refractivity contribution >= 4 is 23.2 Å². The van der Waals surface area contributed by atoms with Crippen molar-refractivity contribution in [3.05, 3.63) is 35.4 Å². The van der Waals surface area contributed by atoms with E-state index in [9.17, 15) is 9.59 Å². The fourth-order valence-electron chi connectivity index (χ4n) is 1.08. The van der Waals surface area contributed by atoms with Crippen LogP contribution in [0.5, 0.6) is 0 Å². The smallest absolute Gasteiger partial charge is 0.227 e. The zero-order valence-electron chi connectivity index (χ0n) is 8.28. The number of ketones is 2. The first kappa shape index (κ1) is 11.6. The largest absolute Gasteiger partial charge is 0.381 e. The number of benzene rings is 1. The van der Waals surface area contributed by atoms with E-state index in [1.165, 1.54) is 24.3 Å². The van der Waals surface area contributed by atoms with Gasteiger partial charge < -0.3 is 11.5 Å². The standard InChI is InChI=1S/C10H10N4O2/c11-9(12)7(15)5-1-2-6(4-3-5)8(16)10(13)14/h1-4H,(H3,11,12)(H3,13,14). The Morgan fingerprint density at radius 1 is 0.812 bits per heavy atom. The van der Waals surface area contributed by atoms with Crippen molar-refractivity contribution in [2.24, 2.45) is 11.5 Å². The summed E-state index contributed by atoms with van der Waals surface area (Å²) in [5.41, 5.74) is 10.5. The topological polar surface area (TPSA) is 134 Å². The Labute approximate surface area is 91.3 Å². The Bertz CT molecular complexity index is 431. The third kappa shape index (κ3) is 2.30. The summed E-state index contributed by atoms with van der Waals surface area (Å²) < 4.78 is 0. The molecule has 0 heterocycles. The molecule has 0 atom stereocenters. The molecule has 0 aliphatic heterocycles. The lowest BCUT2D eigenvalue weighted by Gasteiger charge is -2.01. The van der Waals surface area contributed by atoms with Crippen LogP contribution < -0.4 is 11.5 Å². The highest BCUT2D eigenvalue weighted by Crippen LogP contribution is 2.06. The monoisotopic (exact) mass is 218 g/mol. The van der Waals surface area contributed by atoms with Gasteiger partial charge in [-0.15, -0.1) is 0 Å². The Morgan fingerprint density at radius 2 is 1.06 bits per heavy atom. The Morgan fingerprint density at radius 3 is 1.25 bits per heavy atom. The molecule has 0 unspecified atom stereocenters. The van der Waals surface area contributed by atoms with Crippen molar-refractivity contribution in [3.63, 3.8) is 0 Å². The maximum atomic E-state index is 11.3. The van der Waals surface area contributed by atoms with Crippen LogP contribution in [0.3, 0.4) is 0 Å². The van der Waals surface area contributed by atoms with E-state index in [0.29, 0.717) is 0 Å². The van der Waals surface area contributed by atoms with Crippen LogP contribution in [0.4, 0.5) is 0 Å². The van der Waals surface area contributed by atoms with Crippen molar-refractivity contribution in [2.75, 3.05) is 0 Å². The molecule has 0 radical (unpaired) electrons. The van der Waals surface area contributed by atoms with Crippen LogP contribution >= 0.6 is 0 Å². The molecule has 82 valence electrons. The summed E-state index contributed by atoms with van der Waals surface area (Å²) in [6, 6.07) is 5.44. The van der Waals surface area contributed by atoms with Gasteiger partial charge in [0.2, 0.25) is 11.6 Å². The number of Topliss-reactive ketones (excluding diaryl/α,β-unsaturated/α-hetero) is 2. The molecule has 1 rings (SSSR count). The van der Waals surface area contributed by atoms with Crippen LogP contribution in [-0.2, 0) is 0 Å². The van der Waals surface area contributed by atoms with Gasteiger partial charge in [-0.25, -0.2) is 0 Å². The highest BCUT2D eigenvalue weighted by molar-refractivity contribution is 6.44. The van der Waals surface area contributed by atoms with Crippen LogP contribution in [0.1, 0.15) is 20.7 Å². The number of carbonyl (C=O) groups is 2. The first-order valence-electron chi connectivity index (χ1n) is 4.31. The second-order valence-corrected chi connectivity index (χ2v) is 3.06. The molecule has 0 spiro atoms. The summed E-state index contributed by atoms with van der Waals surface area (Å²) in [6.45, 7) is 0. The normalized spacial score (nSPS) is 9.50. The minimum atomic E-state index is -0.609. The Balaban J connectivity index is 3.00. The van der Waals surface area contributed by atoms with Gasteiger partial charge in [-0.3, -0.25) is 20.4 Å². The van der Waals surface area contributed by atoms with Gasteiger partial charge in [0.05, 0.1) is 0 Å². The van der Waals surface area contributed by atoms with Gasteiger partial charge in [0.25, 0.3) is 0 Å². The van der Waals surface area contributed by atoms with Crippen LogP contribution in [0.15, 0.2) is 24.3 Å². The molecule has 6 heteroatoms. The molecular formula is C10H10N4O2. The van der Waals surface area contributed by atoms with Gasteiger partial charge in [0.1, 0.15) is 0 Å². The average Bonchev–Trinajstić information content (AvgIpc) is 2.27. The van der Waals surface area contributed by atoms with Crippen molar-refractivity contribution in [1.29, 1.82) is 10.8 Å². The summed E-state index contributed by atoms with van der Waals surface area (Å²) >= 11 is 0.